The molecule has 1 heterocycles. The van der Waals surface area contributed by atoms with Crippen molar-refractivity contribution in [1.82, 2.24) is 4.57 Å². The van der Waals surface area contributed by atoms with Crippen molar-refractivity contribution in [2.45, 2.75) is 11.9 Å². The molecule has 2 aliphatic rings. The molecule has 9 rings (SSSR count). The van der Waals surface area contributed by atoms with Crippen molar-refractivity contribution in [2.75, 3.05) is 0 Å². The predicted molar refractivity (Wildman–Crippen MR) is 205 cm³/mol. The second-order valence-electron chi connectivity index (χ2n) is 11.8. The standard InChI is InChI=1S/C18H13N.C13H9.C7H5F3O3S.C6H6O/c1-2-8-14(9-3-1)19-17-12-6-4-10-15(17)16-11-5-7-13-18(16)19;1-3-7-12-10(5-1)9-11-6-2-4-8-13(11)12;8-7(9,10)14(11,12)13-6-4-2-1-3-5-6;7-6-4-2-1-3-5-6/h1-13H;1,3-8H,9H2;1-5H;1-5,7H/q;+1;;. The summed E-state index contributed by atoms with van der Waals surface area (Å²) in [7, 11) is -5.55. The van der Waals surface area contributed by atoms with Gasteiger partial charge in [-0.2, -0.15) is 21.6 Å². The predicted octanol–water partition coefficient (Wildman–Crippen LogP) is 11.0. The number of rotatable bonds is 3. The van der Waals surface area contributed by atoms with Gasteiger partial charge in [-0.1, -0.05) is 115 Å². The van der Waals surface area contributed by atoms with E-state index < -0.39 is 15.6 Å². The van der Waals surface area contributed by atoms with E-state index in [4.69, 9.17) is 5.11 Å². The van der Waals surface area contributed by atoms with Crippen molar-refractivity contribution in [2.24, 2.45) is 0 Å². The third-order valence-corrected chi connectivity index (χ3v) is 9.20. The number of allylic oxidation sites excluding steroid dienone is 6. The number of aromatic hydroxyl groups is 1. The van der Waals surface area contributed by atoms with Crippen LogP contribution >= 0.6 is 0 Å². The summed E-state index contributed by atoms with van der Waals surface area (Å²) in [6.07, 6.45) is 10.4. The quantitative estimate of drug-likeness (QED) is 0.112. The van der Waals surface area contributed by atoms with Gasteiger partial charge in [-0.3, -0.25) is 0 Å². The van der Waals surface area contributed by atoms with E-state index in [1.807, 2.05) is 12.1 Å². The third kappa shape index (κ3) is 8.73. The molecule has 264 valence electrons. The smallest absolute Gasteiger partial charge is 0.508 e. The molecule has 7 aromatic rings. The fraction of sp³-hybridized carbons (Fsp3) is 0.0455. The van der Waals surface area contributed by atoms with Crippen LogP contribution in [0.4, 0.5) is 13.2 Å². The summed E-state index contributed by atoms with van der Waals surface area (Å²) in [6.45, 7) is 0. The molecule has 2 aliphatic carbocycles. The van der Waals surface area contributed by atoms with Gasteiger partial charge in [-0.25, -0.2) is 0 Å². The van der Waals surface area contributed by atoms with Crippen molar-refractivity contribution >= 4 is 37.5 Å². The molecule has 0 fully saturated rings. The maximum Gasteiger partial charge on any atom is 0.534 e. The topological polar surface area (TPSA) is 68.5 Å². The number of aromatic nitrogens is 1. The number of para-hydroxylation sites is 5. The molecule has 1 aromatic heterocycles. The molecule has 0 bridgehead atoms. The number of phenols is 1. The Bertz CT molecular complexity index is 2450. The average Bonchev–Trinajstić information content (AvgIpc) is 3.72. The van der Waals surface area contributed by atoms with Crippen molar-refractivity contribution in [3.63, 3.8) is 0 Å². The molecule has 0 radical (unpaired) electrons. The lowest BCUT2D eigenvalue weighted by Crippen LogP contribution is -2.27. The zero-order valence-electron chi connectivity index (χ0n) is 28.2. The van der Waals surface area contributed by atoms with Crippen LogP contribution in [-0.4, -0.2) is 23.6 Å². The lowest BCUT2D eigenvalue weighted by Gasteiger charge is -2.08. The Morgan fingerprint density at radius 1 is 0.642 bits per heavy atom. The number of nitrogens with zero attached hydrogens (tertiary/aromatic N) is 1. The van der Waals surface area contributed by atoms with Gasteiger partial charge >= 0.3 is 15.6 Å². The Morgan fingerprint density at radius 2 is 1.15 bits per heavy atom. The second kappa shape index (κ2) is 16.3. The van der Waals surface area contributed by atoms with Crippen LogP contribution in [0.2, 0.25) is 0 Å². The van der Waals surface area contributed by atoms with Gasteiger partial charge in [0.25, 0.3) is 0 Å². The van der Waals surface area contributed by atoms with Crippen molar-refractivity contribution in [1.29, 1.82) is 0 Å². The average molecular weight is 729 g/mol. The Balaban J connectivity index is 0.000000127. The molecule has 0 spiro atoms. The Morgan fingerprint density at radius 3 is 1.72 bits per heavy atom. The molecule has 0 atom stereocenters. The highest BCUT2D eigenvalue weighted by Gasteiger charge is 2.48. The maximum atomic E-state index is 11.8. The fourth-order valence-corrected chi connectivity index (χ4v) is 6.33. The van der Waals surface area contributed by atoms with Crippen molar-refractivity contribution < 1.29 is 30.9 Å². The summed E-state index contributed by atoms with van der Waals surface area (Å²) in [5.41, 5.74) is 3.95. The molecule has 9 heteroatoms. The molecule has 0 saturated heterocycles. The summed E-state index contributed by atoms with van der Waals surface area (Å²) in [5.74, 6) is -0.0488. The summed E-state index contributed by atoms with van der Waals surface area (Å²) in [6, 6.07) is 51.5. The van der Waals surface area contributed by atoms with Crippen LogP contribution in [-0.2, 0) is 16.5 Å². The molecular weight excluding hydrogens is 696 g/mol. The first-order chi connectivity index (χ1) is 25.6. The first kappa shape index (κ1) is 36.4. The van der Waals surface area contributed by atoms with Crippen LogP contribution in [0.3, 0.4) is 0 Å². The maximum absolute atomic E-state index is 11.8. The normalized spacial score (nSPS) is 12.6. The van der Waals surface area contributed by atoms with E-state index in [2.05, 4.69) is 130 Å². The SMILES string of the molecule is O=S(=O)(Oc1ccccc1)C(F)(F)F.Oc1ccccc1.[C+]1=CC2=C(C=C1)c1ccccc1C2.c1ccc(-n2c3ccccc3c3ccccc32)cc1. The summed E-state index contributed by atoms with van der Waals surface area (Å²) in [4.78, 5) is 0. The lowest BCUT2D eigenvalue weighted by molar-refractivity contribution is -0.0500. The minimum atomic E-state index is -5.55. The molecule has 0 unspecified atom stereocenters. The Kier molecular flexibility index (Phi) is 11.2. The van der Waals surface area contributed by atoms with Crippen molar-refractivity contribution in [3.8, 4) is 17.2 Å². The van der Waals surface area contributed by atoms with Gasteiger partial charge in [0.1, 0.15) is 23.7 Å². The number of phenolic OH excluding ortho intramolecular Hbond substituents is 1. The minimum absolute atomic E-state index is 0.322. The number of alkyl halides is 3. The molecule has 0 saturated carbocycles. The summed E-state index contributed by atoms with van der Waals surface area (Å²) < 4.78 is 62.5. The van der Waals surface area contributed by atoms with Crippen molar-refractivity contribution in [3.05, 3.63) is 205 Å². The molecule has 5 nitrogen and oxygen atoms in total. The van der Waals surface area contributed by atoms with Gasteiger partial charge in [0.2, 0.25) is 0 Å². The highest BCUT2D eigenvalue weighted by Crippen LogP contribution is 2.35. The zero-order valence-corrected chi connectivity index (χ0v) is 29.0. The van der Waals surface area contributed by atoms with Gasteiger partial charge in [0, 0.05) is 34.5 Å². The van der Waals surface area contributed by atoms with Crippen LogP contribution in [0, 0.1) is 6.08 Å². The molecule has 0 aliphatic heterocycles. The lowest BCUT2D eigenvalue weighted by atomic mass is 10.0. The van der Waals surface area contributed by atoms with Gasteiger partial charge in [0.15, 0.2) is 0 Å². The van der Waals surface area contributed by atoms with E-state index in [0.29, 0.717) is 5.75 Å². The van der Waals surface area contributed by atoms with Gasteiger partial charge < -0.3 is 13.9 Å². The van der Waals surface area contributed by atoms with E-state index in [1.165, 1.54) is 68.0 Å². The van der Waals surface area contributed by atoms with Gasteiger partial charge in [0.05, 0.1) is 28.3 Å². The first-order valence-corrected chi connectivity index (χ1v) is 17.9. The van der Waals surface area contributed by atoms with Crippen LogP contribution < -0.4 is 4.18 Å². The molecule has 1 N–H and O–H groups in total. The van der Waals surface area contributed by atoms with E-state index in [9.17, 15) is 21.6 Å². The summed E-state index contributed by atoms with van der Waals surface area (Å²) >= 11 is 0. The summed E-state index contributed by atoms with van der Waals surface area (Å²) in [5, 5.41) is 11.2. The van der Waals surface area contributed by atoms with E-state index >= 15 is 0 Å². The second-order valence-corrected chi connectivity index (χ2v) is 13.3. The fourth-order valence-electron chi connectivity index (χ4n) is 5.87. The number of benzene rings is 6. The highest BCUT2D eigenvalue weighted by atomic mass is 32.2. The molecule has 6 aromatic carbocycles. The molecule has 0 amide bonds. The van der Waals surface area contributed by atoms with Crippen LogP contribution in [0.5, 0.6) is 11.5 Å². The van der Waals surface area contributed by atoms with Crippen LogP contribution in [0.25, 0.3) is 33.1 Å². The third-order valence-electron chi connectivity index (χ3n) is 8.22. The van der Waals surface area contributed by atoms with E-state index in [1.54, 1.807) is 24.3 Å². The zero-order chi connectivity index (χ0) is 37.3. The molecular formula is C44H33F3NO4S+. The number of hydrogen-bond acceptors (Lipinski definition) is 4. The first-order valence-electron chi connectivity index (χ1n) is 16.5. The Hall–Kier alpha value is -6.41. The number of fused-ring (bicyclic) bond motifs is 5. The van der Waals surface area contributed by atoms with Crippen LogP contribution in [0.15, 0.2) is 188 Å². The van der Waals surface area contributed by atoms with Gasteiger partial charge in [-0.15, -0.1) is 0 Å². The van der Waals surface area contributed by atoms with Crippen LogP contribution in [0.1, 0.15) is 11.1 Å². The van der Waals surface area contributed by atoms with E-state index in [-0.39, 0.29) is 5.75 Å². The number of halogens is 3. The number of hydrogen-bond donors (Lipinski definition) is 1. The minimum Gasteiger partial charge on any atom is -0.508 e. The molecule has 53 heavy (non-hydrogen) atoms. The largest absolute Gasteiger partial charge is 0.534 e. The monoisotopic (exact) mass is 728 g/mol. The Labute approximate surface area is 306 Å². The van der Waals surface area contributed by atoms with E-state index in [0.717, 1.165) is 18.6 Å². The highest BCUT2D eigenvalue weighted by molar-refractivity contribution is 7.88. The van der Waals surface area contributed by atoms with Gasteiger partial charge in [-0.05, 0) is 54.1 Å².